The molecule has 0 unspecified atom stereocenters. The summed E-state index contributed by atoms with van der Waals surface area (Å²) in [5, 5.41) is 9.65. The number of para-hydroxylation sites is 2. The second-order valence-electron chi connectivity index (χ2n) is 10.9. The van der Waals surface area contributed by atoms with Crippen LogP contribution in [0.4, 0.5) is 0 Å². The van der Waals surface area contributed by atoms with Crippen LogP contribution in [0.15, 0.2) is 127 Å². The summed E-state index contributed by atoms with van der Waals surface area (Å²) >= 11 is 0. The first-order valence-electron chi connectivity index (χ1n) is 16.6. The Balaban J connectivity index is 0.000000727. The molecule has 0 saturated heterocycles. The average molecular weight is 599 g/mol. The van der Waals surface area contributed by atoms with Crippen molar-refractivity contribution in [2.45, 2.75) is 66.7 Å². The summed E-state index contributed by atoms with van der Waals surface area (Å²) in [4.78, 5) is 2.45. The minimum atomic E-state index is 1.00. The highest BCUT2D eigenvalue weighted by Gasteiger charge is 2.22. The number of benzene rings is 3. The monoisotopic (exact) mass is 598 g/mol. The number of rotatable bonds is 5. The largest absolute Gasteiger partial charge is 0.400 e. The van der Waals surface area contributed by atoms with Crippen LogP contribution in [-0.2, 0) is 0 Å². The molecule has 0 saturated carbocycles. The molecule has 45 heavy (non-hydrogen) atoms. The third kappa shape index (κ3) is 6.84. The summed E-state index contributed by atoms with van der Waals surface area (Å²) < 4.78 is 2.45. The Morgan fingerprint density at radius 1 is 0.600 bits per heavy atom. The van der Waals surface area contributed by atoms with Crippen molar-refractivity contribution in [2.24, 2.45) is 0 Å². The van der Waals surface area contributed by atoms with Gasteiger partial charge < -0.3 is 14.6 Å². The molecule has 0 atom stereocenters. The molecule has 234 valence electrons. The predicted molar refractivity (Wildman–Crippen MR) is 198 cm³/mol. The van der Waals surface area contributed by atoms with E-state index in [-0.39, 0.29) is 0 Å². The molecule has 3 aliphatic rings. The fourth-order valence-electron chi connectivity index (χ4n) is 6.62. The van der Waals surface area contributed by atoms with Gasteiger partial charge in [-0.2, -0.15) is 0 Å². The minimum Gasteiger partial charge on any atom is -0.400 e. The van der Waals surface area contributed by atoms with E-state index in [2.05, 4.69) is 120 Å². The van der Waals surface area contributed by atoms with E-state index in [0.29, 0.717) is 0 Å². The Hall–Kier alpha value is -4.34. The lowest BCUT2D eigenvalue weighted by molar-refractivity contribution is 0.399. The van der Waals surface area contributed by atoms with Gasteiger partial charge in [-0.1, -0.05) is 107 Å². The van der Waals surface area contributed by atoms with Crippen LogP contribution in [0.25, 0.3) is 38.6 Å². The highest BCUT2D eigenvalue weighted by atomic mass is 16.2. The highest BCUT2D eigenvalue weighted by Crippen LogP contribution is 2.37. The summed E-state index contributed by atoms with van der Waals surface area (Å²) in [5.41, 5.74) is 13.6. The van der Waals surface area contributed by atoms with Crippen LogP contribution in [0, 0.1) is 0 Å². The molecule has 3 heteroatoms. The van der Waals surface area contributed by atoms with Gasteiger partial charge in [0.2, 0.25) is 0 Å². The van der Waals surface area contributed by atoms with E-state index in [1.165, 1.54) is 66.7 Å². The van der Waals surface area contributed by atoms with Crippen molar-refractivity contribution in [3.8, 4) is 0 Å². The molecule has 2 aliphatic carbocycles. The fourth-order valence-corrected chi connectivity index (χ4v) is 6.62. The lowest BCUT2D eigenvalue weighted by Gasteiger charge is -2.26. The third-order valence-corrected chi connectivity index (χ3v) is 8.73. The van der Waals surface area contributed by atoms with Crippen molar-refractivity contribution in [1.82, 2.24) is 9.47 Å². The second-order valence-corrected chi connectivity index (χ2v) is 10.9. The zero-order chi connectivity index (χ0) is 32.3. The van der Waals surface area contributed by atoms with Crippen molar-refractivity contribution >= 4 is 38.6 Å². The number of hydrogen-bond acceptors (Lipinski definition) is 2. The van der Waals surface area contributed by atoms with Gasteiger partial charge in [0.25, 0.3) is 0 Å². The molecule has 1 N–H and O–H groups in total. The number of allylic oxidation sites excluding steroid dienone is 9. The normalized spacial score (nSPS) is 15.8. The van der Waals surface area contributed by atoms with Crippen LogP contribution >= 0.6 is 0 Å². The first-order valence-corrected chi connectivity index (χ1v) is 16.6. The maximum Gasteiger partial charge on any atom is 0.0537 e. The van der Waals surface area contributed by atoms with Gasteiger partial charge in [0, 0.05) is 41.5 Å². The molecule has 2 heterocycles. The van der Waals surface area contributed by atoms with Crippen molar-refractivity contribution in [3.63, 3.8) is 0 Å². The molecule has 1 aromatic heterocycles. The van der Waals surface area contributed by atoms with E-state index in [0.717, 1.165) is 45.8 Å². The molecule has 0 spiro atoms. The van der Waals surface area contributed by atoms with Gasteiger partial charge in [-0.25, -0.2) is 0 Å². The molecule has 0 bridgehead atoms. The lowest BCUT2D eigenvalue weighted by Crippen LogP contribution is -2.19. The van der Waals surface area contributed by atoms with Crippen LogP contribution < -0.4 is 0 Å². The summed E-state index contributed by atoms with van der Waals surface area (Å²) in [7, 11) is 1.00. The summed E-state index contributed by atoms with van der Waals surface area (Å²) in [5.74, 6) is 0. The zero-order valence-corrected chi connectivity index (χ0v) is 28.1. The molecular formula is C42H50N2O. The van der Waals surface area contributed by atoms with Gasteiger partial charge in [-0.3, -0.25) is 0 Å². The number of fused-ring (bicyclic) bond motifs is 3. The predicted octanol–water partition coefficient (Wildman–Crippen LogP) is 11.4. The highest BCUT2D eigenvalue weighted by molar-refractivity contribution is 6.10. The molecule has 0 fully saturated rings. The van der Waals surface area contributed by atoms with Gasteiger partial charge in [-0.15, -0.1) is 0 Å². The fraction of sp³-hybridized carbons (Fsp3) is 0.286. The number of aliphatic hydroxyl groups excluding tert-OH is 1. The van der Waals surface area contributed by atoms with Gasteiger partial charge in [0.1, 0.15) is 0 Å². The minimum absolute atomic E-state index is 1.00. The van der Waals surface area contributed by atoms with Crippen LogP contribution in [-0.4, -0.2) is 28.2 Å². The Kier molecular flexibility index (Phi) is 12.0. The van der Waals surface area contributed by atoms with Crippen LogP contribution in [0.1, 0.15) is 77.8 Å². The smallest absolute Gasteiger partial charge is 0.0537 e. The van der Waals surface area contributed by atoms with E-state index in [1.54, 1.807) is 0 Å². The SMILES string of the molecule is C=CC1=C(C)CCN1C1=CC=C(c2ccc(C3=CC=C(n4c5ccccc5c5ccccc54)CC3)cc2)CC1.CC.CC.CO. The molecule has 3 nitrogen and oxygen atoms in total. The third-order valence-electron chi connectivity index (χ3n) is 8.73. The number of aromatic nitrogens is 1. The van der Waals surface area contributed by atoms with E-state index in [4.69, 9.17) is 5.11 Å². The zero-order valence-electron chi connectivity index (χ0n) is 28.1. The van der Waals surface area contributed by atoms with Crippen LogP contribution in [0.2, 0.25) is 0 Å². The first-order chi connectivity index (χ1) is 22.2. The first kappa shape index (κ1) is 33.6. The van der Waals surface area contributed by atoms with Crippen LogP contribution in [0.5, 0.6) is 0 Å². The molecule has 1 aliphatic heterocycles. The Morgan fingerprint density at radius 3 is 1.51 bits per heavy atom. The summed E-state index contributed by atoms with van der Waals surface area (Å²) in [6.07, 6.45) is 16.7. The maximum atomic E-state index is 7.00. The molecular weight excluding hydrogens is 548 g/mol. The summed E-state index contributed by atoms with van der Waals surface area (Å²) in [6, 6.07) is 26.8. The standard InChI is InChI=1S/C37H34N2.2C2H6.CH4O/c1-3-35-26(2)24-25-38(35)31-20-16-29(17-21-31)27-12-14-28(15-13-27)30-18-22-32(23-19-30)39-36-10-6-4-8-33(36)34-9-5-7-11-37(34)39;3*1-2/h3-16,18,20,22H,1,17,19,21,23-25H2,2H3;2*1-2H3;2H,1H3. The van der Waals surface area contributed by atoms with Gasteiger partial charge in [-0.05, 0) is 97.2 Å². The Bertz CT molecular complexity index is 1720. The second kappa shape index (κ2) is 16.1. The van der Waals surface area contributed by atoms with E-state index < -0.39 is 0 Å². The molecule has 7 rings (SSSR count). The summed E-state index contributed by atoms with van der Waals surface area (Å²) in [6.45, 7) is 15.3. The lowest BCUT2D eigenvalue weighted by atomic mass is 9.91. The molecule has 0 amide bonds. The van der Waals surface area contributed by atoms with Crippen LogP contribution in [0.3, 0.4) is 0 Å². The van der Waals surface area contributed by atoms with Crippen molar-refractivity contribution in [3.05, 3.63) is 138 Å². The number of aliphatic hydroxyl groups is 1. The van der Waals surface area contributed by atoms with Crippen molar-refractivity contribution in [2.75, 3.05) is 13.7 Å². The number of nitrogens with zero attached hydrogens (tertiary/aromatic N) is 2. The average Bonchev–Trinajstić information content (AvgIpc) is 3.68. The van der Waals surface area contributed by atoms with E-state index in [1.807, 2.05) is 33.8 Å². The Labute approximate surface area is 270 Å². The van der Waals surface area contributed by atoms with E-state index >= 15 is 0 Å². The van der Waals surface area contributed by atoms with Gasteiger partial charge in [0.05, 0.1) is 11.0 Å². The van der Waals surface area contributed by atoms with Gasteiger partial charge >= 0.3 is 0 Å². The van der Waals surface area contributed by atoms with E-state index in [9.17, 15) is 0 Å². The molecule has 3 aromatic carbocycles. The van der Waals surface area contributed by atoms with Gasteiger partial charge in [0.15, 0.2) is 0 Å². The quantitative estimate of drug-likeness (QED) is 0.247. The molecule has 0 radical (unpaired) electrons. The molecule has 4 aromatic rings. The maximum absolute atomic E-state index is 7.00. The van der Waals surface area contributed by atoms with Crippen molar-refractivity contribution < 1.29 is 5.11 Å². The Morgan fingerprint density at radius 2 is 1.07 bits per heavy atom. The number of hydrogen-bond donors (Lipinski definition) is 1. The topological polar surface area (TPSA) is 28.4 Å². The van der Waals surface area contributed by atoms with Crippen molar-refractivity contribution in [1.29, 1.82) is 0 Å².